The van der Waals surface area contributed by atoms with Crippen molar-refractivity contribution in [3.8, 4) is 0 Å². The molecule has 1 aliphatic heterocycles. The smallest absolute Gasteiger partial charge is 0.254 e. The molecule has 1 N–H and O–H groups in total. The Morgan fingerprint density at radius 3 is 2.54 bits per heavy atom. The highest BCUT2D eigenvalue weighted by atomic mass is 16.1. The number of anilines is 1. The molecular weight excluding hydrogens is 302 g/mol. The monoisotopic (exact) mass is 325 g/mol. The van der Waals surface area contributed by atoms with E-state index in [2.05, 4.69) is 38.2 Å². The van der Waals surface area contributed by atoms with Gasteiger partial charge in [0.1, 0.15) is 0 Å². The van der Waals surface area contributed by atoms with E-state index in [4.69, 9.17) is 0 Å². The minimum absolute atomic E-state index is 0.151. The molecule has 0 bridgehead atoms. The highest BCUT2D eigenvalue weighted by Gasteiger charge is 2.16. The van der Waals surface area contributed by atoms with Crippen LogP contribution in [-0.4, -0.2) is 54.0 Å². The van der Waals surface area contributed by atoms with Gasteiger partial charge in [0.25, 0.3) is 5.91 Å². The van der Waals surface area contributed by atoms with Gasteiger partial charge >= 0.3 is 0 Å². The first-order valence-corrected chi connectivity index (χ1v) is 8.21. The van der Waals surface area contributed by atoms with Gasteiger partial charge in [-0.3, -0.25) is 4.79 Å². The Kier molecular flexibility index (Phi) is 5.05. The molecule has 3 rings (SSSR count). The Morgan fingerprint density at radius 2 is 1.88 bits per heavy atom. The summed E-state index contributed by atoms with van der Waals surface area (Å²) >= 11 is 0. The van der Waals surface area contributed by atoms with Gasteiger partial charge < -0.3 is 15.1 Å². The lowest BCUT2D eigenvalue weighted by Crippen LogP contribution is -2.45. The van der Waals surface area contributed by atoms with Crippen LogP contribution < -0.4 is 10.2 Å². The lowest BCUT2D eigenvalue weighted by atomic mass is 10.1. The zero-order valence-corrected chi connectivity index (χ0v) is 14.2. The minimum Gasteiger partial charge on any atom is -0.348 e. The normalized spacial score (nSPS) is 15.3. The summed E-state index contributed by atoms with van der Waals surface area (Å²) in [6.07, 6.45) is 3.21. The fourth-order valence-corrected chi connectivity index (χ4v) is 2.71. The number of aromatic nitrogens is 2. The molecule has 0 aliphatic carbocycles. The molecular formula is C18H23N5O. The average Bonchev–Trinajstić information content (AvgIpc) is 2.61. The van der Waals surface area contributed by atoms with Crippen molar-refractivity contribution in [1.29, 1.82) is 0 Å². The van der Waals surface area contributed by atoms with Crippen molar-refractivity contribution in [2.45, 2.75) is 13.5 Å². The number of piperazine rings is 1. The zero-order chi connectivity index (χ0) is 16.9. The zero-order valence-electron chi connectivity index (χ0n) is 14.2. The average molecular weight is 325 g/mol. The molecule has 126 valence electrons. The molecule has 6 nitrogen and oxygen atoms in total. The Hall–Kier alpha value is -2.47. The second kappa shape index (κ2) is 7.40. The Bertz CT molecular complexity index is 693. The summed E-state index contributed by atoms with van der Waals surface area (Å²) in [5, 5.41) is 2.91. The fraction of sp³-hybridized carbons (Fsp3) is 0.389. The first kappa shape index (κ1) is 16.4. The molecule has 0 radical (unpaired) electrons. The van der Waals surface area contributed by atoms with E-state index < -0.39 is 0 Å². The number of nitrogens with one attached hydrogen (secondary N) is 1. The summed E-state index contributed by atoms with van der Waals surface area (Å²) in [6.45, 7) is 6.37. The van der Waals surface area contributed by atoms with Crippen LogP contribution in [0.5, 0.6) is 0 Å². The molecule has 1 aliphatic rings. The molecule has 0 saturated carbocycles. The van der Waals surface area contributed by atoms with Crippen LogP contribution in [0.15, 0.2) is 36.7 Å². The van der Waals surface area contributed by atoms with Crippen molar-refractivity contribution in [3.05, 3.63) is 53.3 Å². The first-order valence-electron chi connectivity index (χ1n) is 8.21. The van der Waals surface area contributed by atoms with Gasteiger partial charge in [0.2, 0.25) is 5.95 Å². The molecule has 0 unspecified atom stereocenters. The van der Waals surface area contributed by atoms with E-state index in [0.717, 1.165) is 31.7 Å². The molecule has 24 heavy (non-hydrogen) atoms. The lowest BCUT2D eigenvalue weighted by Gasteiger charge is -2.32. The molecule has 6 heteroatoms. The van der Waals surface area contributed by atoms with Gasteiger partial charge in [-0.25, -0.2) is 9.97 Å². The van der Waals surface area contributed by atoms with Crippen molar-refractivity contribution in [2.24, 2.45) is 0 Å². The summed E-state index contributed by atoms with van der Waals surface area (Å²) in [4.78, 5) is 25.4. The maximum atomic E-state index is 12.2. The maximum absolute atomic E-state index is 12.2. The topological polar surface area (TPSA) is 61.4 Å². The Balaban J connectivity index is 1.57. The molecule has 1 aromatic heterocycles. The number of likely N-dealkylation sites (N-methyl/N-ethyl adjacent to an activating group) is 1. The van der Waals surface area contributed by atoms with Crippen LogP contribution in [0.4, 0.5) is 5.95 Å². The molecule has 1 fully saturated rings. The SMILES string of the molecule is Cc1cccc(CNC(=O)c2cnc(N3CCN(C)CC3)nc2)c1. The van der Waals surface area contributed by atoms with Crippen LogP contribution in [0, 0.1) is 6.92 Å². The van der Waals surface area contributed by atoms with Crippen LogP contribution >= 0.6 is 0 Å². The van der Waals surface area contributed by atoms with E-state index >= 15 is 0 Å². The second-order valence-corrected chi connectivity index (χ2v) is 6.23. The molecule has 1 saturated heterocycles. The van der Waals surface area contributed by atoms with Crippen LogP contribution in [0.2, 0.25) is 0 Å². The summed E-state index contributed by atoms with van der Waals surface area (Å²) < 4.78 is 0. The van der Waals surface area contributed by atoms with E-state index in [1.54, 1.807) is 12.4 Å². The fourth-order valence-electron chi connectivity index (χ4n) is 2.71. The van der Waals surface area contributed by atoms with E-state index in [9.17, 15) is 4.79 Å². The number of hydrogen-bond acceptors (Lipinski definition) is 5. The molecule has 2 heterocycles. The standard InChI is InChI=1S/C18H23N5O/c1-14-4-3-5-15(10-14)11-19-17(24)16-12-20-18(21-13-16)23-8-6-22(2)7-9-23/h3-5,10,12-13H,6-9,11H2,1-2H3,(H,19,24). The van der Waals surface area contributed by atoms with Crippen LogP contribution in [0.25, 0.3) is 0 Å². The number of amides is 1. The Morgan fingerprint density at radius 1 is 1.17 bits per heavy atom. The van der Waals surface area contributed by atoms with E-state index in [1.807, 2.05) is 25.1 Å². The maximum Gasteiger partial charge on any atom is 0.254 e. The highest BCUT2D eigenvalue weighted by molar-refractivity contribution is 5.93. The molecule has 0 atom stereocenters. The van der Waals surface area contributed by atoms with Crippen molar-refractivity contribution >= 4 is 11.9 Å². The molecule has 0 spiro atoms. The van der Waals surface area contributed by atoms with Gasteiger partial charge in [-0.1, -0.05) is 29.8 Å². The van der Waals surface area contributed by atoms with Crippen molar-refractivity contribution < 1.29 is 4.79 Å². The number of benzene rings is 1. The molecule has 1 aromatic carbocycles. The number of rotatable bonds is 4. The van der Waals surface area contributed by atoms with Crippen LogP contribution in [0.1, 0.15) is 21.5 Å². The number of aryl methyl sites for hydroxylation is 1. The second-order valence-electron chi connectivity index (χ2n) is 6.23. The number of nitrogens with zero attached hydrogens (tertiary/aromatic N) is 4. The molecule has 2 aromatic rings. The van der Waals surface area contributed by atoms with E-state index in [-0.39, 0.29) is 5.91 Å². The number of carbonyl (C=O) groups is 1. The first-order chi connectivity index (χ1) is 11.6. The third kappa shape index (κ3) is 4.08. The van der Waals surface area contributed by atoms with E-state index in [1.165, 1.54) is 5.56 Å². The third-order valence-corrected chi connectivity index (χ3v) is 4.22. The summed E-state index contributed by atoms with van der Waals surface area (Å²) in [6, 6.07) is 8.09. The van der Waals surface area contributed by atoms with Crippen molar-refractivity contribution in [2.75, 3.05) is 38.1 Å². The van der Waals surface area contributed by atoms with Crippen molar-refractivity contribution in [1.82, 2.24) is 20.2 Å². The largest absolute Gasteiger partial charge is 0.348 e. The summed E-state index contributed by atoms with van der Waals surface area (Å²) in [5.41, 5.74) is 2.75. The summed E-state index contributed by atoms with van der Waals surface area (Å²) in [7, 11) is 2.11. The summed E-state index contributed by atoms with van der Waals surface area (Å²) in [5.74, 6) is 0.541. The van der Waals surface area contributed by atoms with Gasteiger partial charge in [-0.2, -0.15) is 0 Å². The predicted molar refractivity (Wildman–Crippen MR) is 94.1 cm³/mol. The van der Waals surface area contributed by atoms with Gasteiger partial charge in [-0.15, -0.1) is 0 Å². The highest BCUT2D eigenvalue weighted by Crippen LogP contribution is 2.10. The van der Waals surface area contributed by atoms with Crippen LogP contribution in [-0.2, 0) is 6.54 Å². The van der Waals surface area contributed by atoms with Crippen LogP contribution in [0.3, 0.4) is 0 Å². The lowest BCUT2D eigenvalue weighted by molar-refractivity contribution is 0.0950. The molecule has 1 amide bonds. The van der Waals surface area contributed by atoms with Gasteiger partial charge in [-0.05, 0) is 19.5 Å². The van der Waals surface area contributed by atoms with Gasteiger partial charge in [0, 0.05) is 45.1 Å². The number of hydrogen-bond donors (Lipinski definition) is 1. The quantitative estimate of drug-likeness (QED) is 0.922. The van der Waals surface area contributed by atoms with E-state index in [0.29, 0.717) is 18.1 Å². The van der Waals surface area contributed by atoms with Crippen molar-refractivity contribution in [3.63, 3.8) is 0 Å². The number of carbonyl (C=O) groups excluding carboxylic acids is 1. The predicted octanol–water partition coefficient (Wildman–Crippen LogP) is 1.47. The van der Waals surface area contributed by atoms with Gasteiger partial charge in [0.05, 0.1) is 5.56 Å². The minimum atomic E-state index is -0.151. The third-order valence-electron chi connectivity index (χ3n) is 4.22. The Labute approximate surface area is 142 Å². The van der Waals surface area contributed by atoms with Gasteiger partial charge in [0.15, 0.2) is 0 Å².